The van der Waals surface area contributed by atoms with Crippen molar-refractivity contribution >= 4 is 40.4 Å². The molecular formula is C24H28FIN4O. The van der Waals surface area contributed by atoms with E-state index in [4.69, 9.17) is 0 Å². The number of allylic oxidation sites excluding steroid dienone is 1. The Kier molecular flexibility index (Phi) is 8.31. The Labute approximate surface area is 197 Å². The highest BCUT2D eigenvalue weighted by Crippen LogP contribution is 2.27. The monoisotopic (exact) mass is 534 g/mol. The topological polar surface area (TPSA) is 57.6 Å². The molecule has 0 atom stereocenters. The average Bonchev–Trinajstić information content (AvgIpc) is 2.75. The van der Waals surface area contributed by atoms with E-state index in [1.54, 1.807) is 6.21 Å². The van der Waals surface area contributed by atoms with Crippen LogP contribution in [0.1, 0.15) is 43.9 Å². The Balaban J connectivity index is 1.78. The van der Waals surface area contributed by atoms with Gasteiger partial charge in [0.05, 0.1) is 11.3 Å². The van der Waals surface area contributed by atoms with Crippen LogP contribution in [0.5, 0.6) is 0 Å². The van der Waals surface area contributed by atoms with E-state index in [9.17, 15) is 9.18 Å². The van der Waals surface area contributed by atoms with E-state index in [2.05, 4.69) is 68.8 Å². The number of amides is 1. The highest BCUT2D eigenvalue weighted by atomic mass is 127. The van der Waals surface area contributed by atoms with Crippen LogP contribution in [0.15, 0.2) is 46.6 Å². The number of aromatic nitrogens is 1. The Morgan fingerprint density at radius 3 is 2.74 bits per heavy atom. The van der Waals surface area contributed by atoms with Crippen LogP contribution in [0, 0.1) is 9.52 Å². The van der Waals surface area contributed by atoms with Crippen molar-refractivity contribution in [2.24, 2.45) is 4.99 Å². The molecule has 0 radical (unpaired) electrons. The summed E-state index contributed by atoms with van der Waals surface area (Å²) >= 11 is 2.26. The second kappa shape index (κ2) is 10.9. The van der Waals surface area contributed by atoms with Crippen LogP contribution >= 0.6 is 22.6 Å². The summed E-state index contributed by atoms with van der Waals surface area (Å²) in [5, 5.41) is 2.89. The molecule has 0 saturated heterocycles. The second-order valence-corrected chi connectivity index (χ2v) is 8.85. The Bertz CT molecular complexity index is 1010. The lowest BCUT2D eigenvalue weighted by atomic mass is 9.98. The number of aliphatic imine (C=N–C) groups is 1. The number of hydrogen-bond donors (Lipinski definition) is 1. The van der Waals surface area contributed by atoms with Gasteiger partial charge < -0.3 is 5.32 Å². The van der Waals surface area contributed by atoms with Crippen molar-refractivity contribution in [3.63, 3.8) is 0 Å². The van der Waals surface area contributed by atoms with Crippen molar-refractivity contribution in [3.05, 3.63) is 67.8 Å². The number of aryl methyl sites for hydroxylation is 1. The van der Waals surface area contributed by atoms with Crippen molar-refractivity contribution in [3.8, 4) is 0 Å². The molecule has 1 aromatic carbocycles. The van der Waals surface area contributed by atoms with Crippen molar-refractivity contribution in [1.29, 1.82) is 0 Å². The fourth-order valence-electron chi connectivity index (χ4n) is 3.61. The number of hydrogen-bond acceptors (Lipinski definition) is 4. The predicted molar refractivity (Wildman–Crippen MR) is 131 cm³/mol. The van der Waals surface area contributed by atoms with Gasteiger partial charge in [0.25, 0.3) is 5.91 Å². The summed E-state index contributed by atoms with van der Waals surface area (Å²) in [6.07, 6.45) is 4.72. The number of nitrogens with one attached hydrogen (secondary N) is 1. The molecule has 1 N–H and O–H groups in total. The third-order valence-corrected chi connectivity index (χ3v) is 6.34. The van der Waals surface area contributed by atoms with E-state index in [1.165, 1.54) is 11.8 Å². The molecule has 31 heavy (non-hydrogen) atoms. The molecule has 0 spiro atoms. The number of fused-ring (bicyclic) bond motifs is 1. The van der Waals surface area contributed by atoms with Crippen LogP contribution in [0.3, 0.4) is 0 Å². The highest BCUT2D eigenvalue weighted by molar-refractivity contribution is 14.1. The fourth-order valence-corrected chi connectivity index (χ4v) is 4.09. The minimum absolute atomic E-state index is 0.0915. The zero-order chi connectivity index (χ0) is 22.4. The average molecular weight is 534 g/mol. The van der Waals surface area contributed by atoms with Crippen LogP contribution in [0.4, 0.5) is 10.1 Å². The molecule has 0 fully saturated rings. The maximum atomic E-state index is 14.5. The number of carbonyl (C=O) groups is 1. The quantitative estimate of drug-likeness (QED) is 0.404. The summed E-state index contributed by atoms with van der Waals surface area (Å²) in [5.41, 5.74) is 4.86. The van der Waals surface area contributed by atoms with E-state index >= 15 is 0 Å². The third kappa shape index (κ3) is 5.98. The van der Waals surface area contributed by atoms with E-state index in [1.807, 2.05) is 19.1 Å². The van der Waals surface area contributed by atoms with Gasteiger partial charge in [0.15, 0.2) is 0 Å². The first-order valence-corrected chi connectivity index (χ1v) is 11.7. The molecular weight excluding hydrogens is 506 g/mol. The molecule has 1 amide bonds. The highest BCUT2D eigenvalue weighted by Gasteiger charge is 2.17. The summed E-state index contributed by atoms with van der Waals surface area (Å²) in [4.78, 5) is 23.5. The van der Waals surface area contributed by atoms with Crippen LogP contribution in [-0.4, -0.2) is 35.1 Å². The first-order valence-electron chi connectivity index (χ1n) is 10.6. The van der Waals surface area contributed by atoms with Gasteiger partial charge in [-0.3, -0.25) is 14.7 Å². The number of carbonyl (C=O) groups excluding carboxylic acids is 1. The first kappa shape index (κ1) is 23.5. The van der Waals surface area contributed by atoms with Gasteiger partial charge in [0, 0.05) is 34.6 Å². The zero-order valence-electron chi connectivity index (χ0n) is 18.2. The minimum atomic E-state index is -0.537. The standard InChI is InChI=1S/C24H28FIN4O/c1-4-30(5-2)15-18-10-11-27-23(25)21(18)14-29-24(31)20-13-28-22-12-19(26)9-8-17(22)7-6-16(20)3/h8-13H,4-7,14-15H2,1-3H3,(H,29,31)/b20-16-,28-13-. The maximum Gasteiger partial charge on any atom is 0.253 e. The molecule has 0 saturated carbocycles. The molecule has 5 nitrogen and oxygen atoms in total. The summed E-state index contributed by atoms with van der Waals surface area (Å²) in [7, 11) is 0. The largest absolute Gasteiger partial charge is 0.348 e. The number of pyridine rings is 1. The lowest BCUT2D eigenvalue weighted by Crippen LogP contribution is -2.29. The van der Waals surface area contributed by atoms with Gasteiger partial charge in [-0.2, -0.15) is 4.39 Å². The van der Waals surface area contributed by atoms with Gasteiger partial charge in [-0.15, -0.1) is 0 Å². The second-order valence-electron chi connectivity index (χ2n) is 7.61. The number of halogens is 2. The third-order valence-electron chi connectivity index (χ3n) is 5.67. The van der Waals surface area contributed by atoms with Crippen molar-refractivity contribution < 1.29 is 9.18 Å². The van der Waals surface area contributed by atoms with Gasteiger partial charge in [-0.05, 0) is 84.8 Å². The van der Waals surface area contributed by atoms with Crippen molar-refractivity contribution in [1.82, 2.24) is 15.2 Å². The van der Waals surface area contributed by atoms with Crippen molar-refractivity contribution in [2.75, 3.05) is 13.1 Å². The smallest absolute Gasteiger partial charge is 0.253 e. The molecule has 0 bridgehead atoms. The zero-order valence-corrected chi connectivity index (χ0v) is 20.4. The Morgan fingerprint density at radius 2 is 2.00 bits per heavy atom. The fraction of sp³-hybridized carbons (Fsp3) is 0.375. The Morgan fingerprint density at radius 1 is 1.23 bits per heavy atom. The number of benzene rings is 1. The minimum Gasteiger partial charge on any atom is -0.348 e. The van der Waals surface area contributed by atoms with Crippen LogP contribution in [0.25, 0.3) is 0 Å². The summed E-state index contributed by atoms with van der Waals surface area (Å²) < 4.78 is 15.6. The summed E-state index contributed by atoms with van der Waals surface area (Å²) in [6, 6.07) is 8.01. The van der Waals surface area contributed by atoms with Gasteiger partial charge in [0.2, 0.25) is 5.95 Å². The van der Waals surface area contributed by atoms with Crippen molar-refractivity contribution in [2.45, 2.75) is 46.7 Å². The van der Waals surface area contributed by atoms with Gasteiger partial charge in [-0.1, -0.05) is 25.5 Å². The lowest BCUT2D eigenvalue weighted by molar-refractivity contribution is -0.117. The molecule has 2 heterocycles. The molecule has 2 aromatic rings. The SMILES string of the molecule is CCN(CC)Cc1ccnc(F)c1CNC(=O)C1=C(/C)CCc2ccc(I)cc2/N=C\1. The van der Waals surface area contributed by atoms with Crippen LogP contribution < -0.4 is 5.32 Å². The number of nitrogens with zero attached hydrogens (tertiary/aromatic N) is 3. The van der Waals surface area contributed by atoms with E-state index < -0.39 is 5.95 Å². The van der Waals surface area contributed by atoms with Gasteiger partial charge >= 0.3 is 0 Å². The summed E-state index contributed by atoms with van der Waals surface area (Å²) in [5.74, 6) is -0.780. The van der Waals surface area contributed by atoms with E-state index in [0.29, 0.717) is 17.7 Å². The molecule has 1 aromatic heterocycles. The number of rotatable bonds is 7. The molecule has 0 aliphatic carbocycles. The first-order chi connectivity index (χ1) is 14.9. The Hall–Kier alpha value is -2.13. The van der Waals surface area contributed by atoms with Gasteiger partial charge in [-0.25, -0.2) is 4.98 Å². The van der Waals surface area contributed by atoms with Crippen LogP contribution in [0.2, 0.25) is 0 Å². The molecule has 1 aliphatic heterocycles. The molecule has 3 rings (SSSR count). The normalized spacial score (nSPS) is 17.1. The predicted octanol–water partition coefficient (Wildman–Crippen LogP) is 4.95. The van der Waals surface area contributed by atoms with E-state index in [0.717, 1.165) is 46.3 Å². The summed E-state index contributed by atoms with van der Waals surface area (Å²) in [6.45, 7) is 8.56. The maximum absolute atomic E-state index is 14.5. The van der Waals surface area contributed by atoms with Gasteiger partial charge in [0.1, 0.15) is 0 Å². The van der Waals surface area contributed by atoms with Crippen LogP contribution in [-0.2, 0) is 24.3 Å². The molecule has 7 heteroatoms. The molecule has 0 unspecified atom stereocenters. The lowest BCUT2D eigenvalue weighted by Gasteiger charge is -2.20. The molecule has 164 valence electrons. The van der Waals surface area contributed by atoms with E-state index in [-0.39, 0.29) is 12.5 Å². The molecule has 1 aliphatic rings.